The minimum Gasteiger partial charge on any atom is -0.492 e. The van der Waals surface area contributed by atoms with Gasteiger partial charge in [0.25, 0.3) is 5.56 Å². The van der Waals surface area contributed by atoms with Gasteiger partial charge in [-0.15, -0.1) is 0 Å². The summed E-state index contributed by atoms with van der Waals surface area (Å²) in [7, 11) is -0.174. The number of anilines is 1. The molecule has 1 aliphatic rings. The second-order valence-corrected chi connectivity index (χ2v) is 9.48. The summed E-state index contributed by atoms with van der Waals surface area (Å²) in [5, 5.41) is 0. The van der Waals surface area contributed by atoms with E-state index >= 15 is 0 Å². The Morgan fingerprint density at radius 2 is 1.67 bits per heavy atom. The van der Waals surface area contributed by atoms with Crippen molar-refractivity contribution in [3.63, 3.8) is 0 Å². The molecule has 0 atom stereocenters. The lowest BCUT2D eigenvalue weighted by molar-refractivity contribution is 0.222. The highest BCUT2D eigenvalue weighted by molar-refractivity contribution is 7.90. The van der Waals surface area contributed by atoms with Gasteiger partial charge in [0, 0.05) is 59.1 Å². The average molecular weight is 437 g/mol. The van der Waals surface area contributed by atoms with Crippen LogP contribution in [0, 0.1) is 0 Å². The number of rotatable bonds is 7. The molecule has 1 aliphatic heterocycles. The lowest BCUT2D eigenvalue weighted by Gasteiger charge is -2.36. The Morgan fingerprint density at radius 3 is 2.33 bits per heavy atom. The quantitative estimate of drug-likeness (QED) is 0.568. The molecule has 164 valence electrons. The van der Waals surface area contributed by atoms with Crippen LogP contribution in [0.3, 0.4) is 0 Å². The number of ether oxygens (including phenoxy) is 1. The van der Waals surface area contributed by atoms with E-state index in [9.17, 15) is 18.0 Å². The van der Waals surface area contributed by atoms with Gasteiger partial charge >= 0.3 is 5.69 Å². The minimum atomic E-state index is -3.32. The molecule has 1 aromatic heterocycles. The lowest BCUT2D eigenvalue weighted by atomic mass is 10.3. The van der Waals surface area contributed by atoms with Gasteiger partial charge in [-0.05, 0) is 18.6 Å². The maximum Gasteiger partial charge on any atom is 0.332 e. The van der Waals surface area contributed by atoms with Crippen LogP contribution in [-0.2, 0) is 23.9 Å². The van der Waals surface area contributed by atoms with Crippen LogP contribution in [0.2, 0.25) is 0 Å². The Labute approximate surface area is 176 Å². The Balaban J connectivity index is 1.50. The second-order valence-electron chi connectivity index (χ2n) is 7.49. The molecule has 0 aliphatic carbocycles. The first-order valence-corrected chi connectivity index (χ1v) is 11.7. The van der Waals surface area contributed by atoms with Crippen LogP contribution in [-0.4, -0.2) is 68.0 Å². The van der Waals surface area contributed by atoms with Crippen molar-refractivity contribution in [2.45, 2.75) is 11.3 Å². The van der Waals surface area contributed by atoms with Crippen molar-refractivity contribution < 1.29 is 13.2 Å². The molecule has 0 N–H and O–H groups in total. The van der Waals surface area contributed by atoms with Crippen LogP contribution in [0.25, 0.3) is 0 Å². The topological polar surface area (TPSA) is 93.8 Å². The molecular formula is C20H28N4O5S. The Kier molecular flexibility index (Phi) is 6.67. The lowest BCUT2D eigenvalue weighted by Crippen LogP contribution is -2.49. The standard InChI is InChI=1S/C20H28N4O5S/c1-21-18(15-19(25)22(2)20(21)26)24-12-10-23(11-13-24)9-6-14-29-16-7-4-5-8-17(16)30(3,27)28/h4-5,7-8,15H,6,9-14H2,1-3H3. The molecule has 0 unspecified atom stereocenters. The number of hydrogen-bond donors (Lipinski definition) is 0. The number of aromatic nitrogens is 2. The van der Waals surface area contributed by atoms with Crippen molar-refractivity contribution in [3.05, 3.63) is 51.2 Å². The zero-order valence-corrected chi connectivity index (χ0v) is 18.4. The predicted octanol–water partition coefficient (Wildman–Crippen LogP) is 0.0786. The average Bonchev–Trinajstić information content (AvgIpc) is 2.72. The summed E-state index contributed by atoms with van der Waals surface area (Å²) in [6.45, 7) is 4.31. The van der Waals surface area contributed by atoms with E-state index in [-0.39, 0.29) is 16.1 Å². The zero-order chi connectivity index (χ0) is 21.9. The normalized spacial score (nSPS) is 15.4. The minimum absolute atomic E-state index is 0.207. The van der Waals surface area contributed by atoms with Gasteiger partial charge < -0.3 is 9.64 Å². The van der Waals surface area contributed by atoms with Crippen molar-refractivity contribution in [1.29, 1.82) is 0 Å². The molecule has 2 heterocycles. The molecule has 3 rings (SSSR count). The van der Waals surface area contributed by atoms with Crippen molar-refractivity contribution in [3.8, 4) is 5.75 Å². The van der Waals surface area contributed by atoms with Gasteiger partial charge in [-0.2, -0.15) is 0 Å². The van der Waals surface area contributed by atoms with E-state index in [1.54, 1.807) is 31.3 Å². The maximum atomic E-state index is 12.1. The highest BCUT2D eigenvalue weighted by Gasteiger charge is 2.20. The monoisotopic (exact) mass is 436 g/mol. The summed E-state index contributed by atoms with van der Waals surface area (Å²) in [5.74, 6) is 1.03. The second kappa shape index (κ2) is 9.05. The first-order valence-electron chi connectivity index (χ1n) is 9.85. The molecule has 1 saturated heterocycles. The third kappa shape index (κ3) is 4.93. The van der Waals surface area contributed by atoms with Gasteiger partial charge in [-0.3, -0.25) is 18.8 Å². The van der Waals surface area contributed by atoms with Crippen molar-refractivity contribution >= 4 is 15.7 Å². The van der Waals surface area contributed by atoms with E-state index < -0.39 is 9.84 Å². The van der Waals surface area contributed by atoms with Crippen LogP contribution in [0.1, 0.15) is 6.42 Å². The van der Waals surface area contributed by atoms with Crippen molar-refractivity contribution in [2.75, 3.05) is 50.5 Å². The van der Waals surface area contributed by atoms with Gasteiger partial charge in [0.15, 0.2) is 9.84 Å². The van der Waals surface area contributed by atoms with Crippen LogP contribution < -0.4 is 20.9 Å². The molecule has 0 spiro atoms. The first-order chi connectivity index (χ1) is 14.2. The Hall–Kier alpha value is -2.59. The highest BCUT2D eigenvalue weighted by Crippen LogP contribution is 2.23. The summed E-state index contributed by atoms with van der Waals surface area (Å²) >= 11 is 0. The summed E-state index contributed by atoms with van der Waals surface area (Å²) in [4.78, 5) is 28.6. The van der Waals surface area contributed by atoms with Crippen LogP contribution in [0.15, 0.2) is 44.8 Å². The van der Waals surface area contributed by atoms with Gasteiger partial charge in [0.1, 0.15) is 16.5 Å². The summed E-state index contributed by atoms with van der Waals surface area (Å²) in [6.07, 6.45) is 1.94. The number of para-hydroxylation sites is 1. The molecule has 10 heteroatoms. The van der Waals surface area contributed by atoms with Gasteiger partial charge in [-0.25, -0.2) is 13.2 Å². The molecule has 0 bridgehead atoms. The number of benzene rings is 1. The van der Waals surface area contributed by atoms with E-state index in [4.69, 9.17) is 4.74 Å². The number of hydrogen-bond acceptors (Lipinski definition) is 7. The highest BCUT2D eigenvalue weighted by atomic mass is 32.2. The predicted molar refractivity (Wildman–Crippen MR) is 115 cm³/mol. The van der Waals surface area contributed by atoms with Crippen LogP contribution in [0.4, 0.5) is 5.82 Å². The number of sulfone groups is 1. The van der Waals surface area contributed by atoms with Crippen LogP contribution >= 0.6 is 0 Å². The third-order valence-corrected chi connectivity index (χ3v) is 6.46. The smallest absolute Gasteiger partial charge is 0.332 e. The fraction of sp³-hybridized carbons (Fsp3) is 0.500. The first kappa shape index (κ1) is 22.1. The molecular weight excluding hydrogens is 408 g/mol. The molecule has 0 radical (unpaired) electrons. The fourth-order valence-electron chi connectivity index (χ4n) is 3.57. The van der Waals surface area contributed by atoms with Crippen molar-refractivity contribution in [1.82, 2.24) is 14.0 Å². The van der Waals surface area contributed by atoms with Crippen molar-refractivity contribution in [2.24, 2.45) is 14.1 Å². The molecule has 1 fully saturated rings. The van der Waals surface area contributed by atoms with E-state index in [1.165, 1.54) is 23.9 Å². The van der Waals surface area contributed by atoms with E-state index in [0.29, 0.717) is 18.2 Å². The molecule has 1 aromatic carbocycles. The molecule has 2 aromatic rings. The van der Waals surface area contributed by atoms with Crippen LogP contribution in [0.5, 0.6) is 5.75 Å². The SMILES string of the molecule is Cn1c(N2CCN(CCCOc3ccccc3S(C)(=O)=O)CC2)cc(=O)n(C)c1=O. The third-order valence-electron chi connectivity index (χ3n) is 5.32. The largest absolute Gasteiger partial charge is 0.492 e. The van der Waals surface area contributed by atoms with E-state index in [2.05, 4.69) is 9.80 Å². The Morgan fingerprint density at radius 1 is 1.00 bits per heavy atom. The van der Waals surface area contributed by atoms with Gasteiger partial charge in [0.2, 0.25) is 0 Å². The molecule has 0 amide bonds. The summed E-state index contributed by atoms with van der Waals surface area (Å²) in [6, 6.07) is 8.16. The fourth-order valence-corrected chi connectivity index (χ4v) is 4.39. The number of nitrogens with zero attached hydrogens (tertiary/aromatic N) is 4. The summed E-state index contributed by atoms with van der Waals surface area (Å²) < 4.78 is 32.0. The maximum absolute atomic E-state index is 12.1. The molecule has 0 saturated carbocycles. The molecule has 30 heavy (non-hydrogen) atoms. The van der Waals surface area contributed by atoms with Gasteiger partial charge in [0.05, 0.1) is 6.61 Å². The van der Waals surface area contributed by atoms with Gasteiger partial charge in [-0.1, -0.05) is 12.1 Å². The van der Waals surface area contributed by atoms with E-state index in [1.807, 2.05) is 0 Å². The Bertz CT molecular complexity index is 1110. The molecule has 9 nitrogen and oxygen atoms in total. The summed E-state index contributed by atoms with van der Waals surface area (Å²) in [5.41, 5.74) is -0.631. The zero-order valence-electron chi connectivity index (χ0n) is 17.6. The number of piperazine rings is 1. The van der Waals surface area contributed by atoms with E-state index in [0.717, 1.165) is 43.7 Å².